The minimum atomic E-state index is -0.224. The van der Waals surface area contributed by atoms with E-state index in [0.29, 0.717) is 0 Å². The number of thiophene rings is 1. The maximum Gasteiger partial charge on any atom is 0.324 e. The lowest BCUT2D eigenvalue weighted by atomic mass is 10.3. The van der Waals surface area contributed by atoms with E-state index in [1.807, 2.05) is 60.7 Å². The molecule has 0 unspecified atom stereocenters. The molecule has 3 aromatic rings. The van der Waals surface area contributed by atoms with Crippen molar-refractivity contribution in [3.63, 3.8) is 0 Å². The highest BCUT2D eigenvalue weighted by molar-refractivity contribution is 7.22. The van der Waals surface area contributed by atoms with Crippen molar-refractivity contribution in [2.45, 2.75) is 0 Å². The zero-order valence-electron chi connectivity index (χ0n) is 10.1. The van der Waals surface area contributed by atoms with E-state index in [-0.39, 0.29) is 6.03 Å². The van der Waals surface area contributed by atoms with Gasteiger partial charge in [-0.05, 0) is 29.7 Å². The van der Waals surface area contributed by atoms with Crippen LogP contribution in [0.2, 0.25) is 0 Å². The molecule has 3 rings (SSSR count). The van der Waals surface area contributed by atoms with Crippen LogP contribution in [0, 0.1) is 0 Å². The molecule has 0 fully saturated rings. The van der Waals surface area contributed by atoms with Gasteiger partial charge in [0.1, 0.15) is 0 Å². The third-order valence-electron chi connectivity index (χ3n) is 2.69. The summed E-state index contributed by atoms with van der Waals surface area (Å²) in [7, 11) is 0. The van der Waals surface area contributed by atoms with E-state index in [9.17, 15) is 4.79 Å². The highest BCUT2D eigenvalue weighted by atomic mass is 32.1. The molecule has 94 valence electrons. The van der Waals surface area contributed by atoms with Gasteiger partial charge in [-0.2, -0.15) is 0 Å². The summed E-state index contributed by atoms with van der Waals surface area (Å²) in [6, 6.07) is 19.2. The highest BCUT2D eigenvalue weighted by Gasteiger charge is 2.05. The average molecular weight is 268 g/mol. The maximum atomic E-state index is 11.8. The molecule has 0 saturated heterocycles. The highest BCUT2D eigenvalue weighted by Crippen LogP contribution is 2.29. The summed E-state index contributed by atoms with van der Waals surface area (Å²) < 4.78 is 1.16. The van der Waals surface area contributed by atoms with Crippen LogP contribution in [-0.2, 0) is 0 Å². The van der Waals surface area contributed by atoms with Gasteiger partial charge in [0.15, 0.2) is 0 Å². The van der Waals surface area contributed by atoms with Crippen LogP contribution in [0.4, 0.5) is 15.5 Å². The Hall–Kier alpha value is -2.33. The lowest BCUT2D eigenvalue weighted by Gasteiger charge is -2.04. The molecule has 1 heterocycles. The van der Waals surface area contributed by atoms with Crippen molar-refractivity contribution < 1.29 is 4.79 Å². The van der Waals surface area contributed by atoms with Crippen molar-refractivity contribution in [1.29, 1.82) is 0 Å². The van der Waals surface area contributed by atoms with Crippen LogP contribution in [0.15, 0.2) is 60.7 Å². The molecule has 0 bridgehead atoms. The van der Waals surface area contributed by atoms with Gasteiger partial charge in [-0.15, -0.1) is 11.3 Å². The van der Waals surface area contributed by atoms with Gasteiger partial charge in [0, 0.05) is 10.4 Å². The van der Waals surface area contributed by atoms with Crippen LogP contribution < -0.4 is 10.6 Å². The summed E-state index contributed by atoms with van der Waals surface area (Å²) in [4.78, 5) is 11.8. The molecule has 19 heavy (non-hydrogen) atoms. The number of para-hydroxylation sites is 1. The first-order valence-corrected chi connectivity index (χ1v) is 6.74. The second-order valence-electron chi connectivity index (χ2n) is 4.09. The van der Waals surface area contributed by atoms with Crippen molar-refractivity contribution >= 4 is 38.1 Å². The molecule has 2 aromatic carbocycles. The number of carbonyl (C=O) groups excluding carboxylic acids is 1. The Morgan fingerprint density at radius 2 is 1.63 bits per heavy atom. The lowest BCUT2D eigenvalue weighted by molar-refractivity contribution is 0.262. The number of hydrogen-bond donors (Lipinski definition) is 2. The number of nitrogens with one attached hydrogen (secondary N) is 2. The number of carbonyl (C=O) groups is 1. The molecule has 0 atom stereocenters. The SMILES string of the molecule is O=C(Nc1ccccc1)Nc1cc2ccccc2s1. The molecule has 0 spiro atoms. The zero-order chi connectivity index (χ0) is 13.1. The van der Waals surface area contributed by atoms with E-state index in [2.05, 4.69) is 10.6 Å². The predicted octanol–water partition coefficient (Wildman–Crippen LogP) is 4.55. The van der Waals surface area contributed by atoms with Gasteiger partial charge in [-0.3, -0.25) is 5.32 Å². The van der Waals surface area contributed by atoms with Gasteiger partial charge in [0.25, 0.3) is 0 Å². The molecule has 4 heteroatoms. The fourth-order valence-corrected chi connectivity index (χ4v) is 2.80. The Balaban J connectivity index is 1.72. The standard InChI is InChI=1S/C15H12N2OS/c18-15(16-12-7-2-1-3-8-12)17-14-10-11-6-4-5-9-13(11)19-14/h1-10H,(H2,16,17,18). The summed E-state index contributed by atoms with van der Waals surface area (Å²) in [5, 5.41) is 7.62. The molecular formula is C15H12N2OS. The minimum Gasteiger partial charge on any atom is -0.308 e. The van der Waals surface area contributed by atoms with Gasteiger partial charge < -0.3 is 5.32 Å². The number of urea groups is 1. The second-order valence-corrected chi connectivity index (χ2v) is 5.18. The lowest BCUT2D eigenvalue weighted by Crippen LogP contribution is -2.18. The first kappa shape index (κ1) is 11.7. The van der Waals surface area contributed by atoms with Crippen LogP contribution in [0.3, 0.4) is 0 Å². The van der Waals surface area contributed by atoms with Crippen molar-refractivity contribution in [2.24, 2.45) is 0 Å². The fourth-order valence-electron chi connectivity index (χ4n) is 1.84. The van der Waals surface area contributed by atoms with Crippen molar-refractivity contribution in [3.05, 3.63) is 60.7 Å². The van der Waals surface area contributed by atoms with E-state index in [1.165, 1.54) is 0 Å². The summed E-state index contributed by atoms with van der Waals surface area (Å²) in [6.45, 7) is 0. The largest absolute Gasteiger partial charge is 0.324 e. The quantitative estimate of drug-likeness (QED) is 0.703. The summed E-state index contributed by atoms with van der Waals surface area (Å²) in [5.74, 6) is 0. The Labute approximate surface area is 114 Å². The molecular weight excluding hydrogens is 256 g/mol. The Morgan fingerprint density at radius 3 is 2.42 bits per heavy atom. The summed E-state index contributed by atoms with van der Waals surface area (Å²) in [5.41, 5.74) is 0.779. The molecule has 0 aliphatic carbocycles. The van der Waals surface area contributed by atoms with Crippen molar-refractivity contribution in [2.75, 3.05) is 10.6 Å². The predicted molar refractivity (Wildman–Crippen MR) is 80.9 cm³/mol. The Morgan fingerprint density at radius 1 is 0.895 bits per heavy atom. The smallest absolute Gasteiger partial charge is 0.308 e. The van der Waals surface area contributed by atoms with E-state index < -0.39 is 0 Å². The maximum absolute atomic E-state index is 11.8. The van der Waals surface area contributed by atoms with Crippen LogP contribution >= 0.6 is 11.3 Å². The monoisotopic (exact) mass is 268 g/mol. The first-order chi connectivity index (χ1) is 9.31. The van der Waals surface area contributed by atoms with Gasteiger partial charge >= 0.3 is 6.03 Å². The second kappa shape index (κ2) is 5.12. The number of anilines is 2. The number of fused-ring (bicyclic) bond motifs is 1. The number of rotatable bonds is 2. The molecule has 0 radical (unpaired) electrons. The van der Waals surface area contributed by atoms with Gasteiger partial charge in [0.2, 0.25) is 0 Å². The topological polar surface area (TPSA) is 41.1 Å². The van der Waals surface area contributed by atoms with E-state index >= 15 is 0 Å². The van der Waals surface area contributed by atoms with Gasteiger partial charge in [0.05, 0.1) is 5.00 Å². The summed E-state index contributed by atoms with van der Waals surface area (Å²) in [6.07, 6.45) is 0. The normalized spacial score (nSPS) is 10.3. The third-order valence-corrected chi connectivity index (χ3v) is 3.73. The Bertz CT molecular complexity index is 673. The number of hydrogen-bond acceptors (Lipinski definition) is 2. The minimum absolute atomic E-state index is 0.224. The third kappa shape index (κ3) is 2.74. The van der Waals surface area contributed by atoms with Crippen LogP contribution in [0.5, 0.6) is 0 Å². The van der Waals surface area contributed by atoms with E-state index in [4.69, 9.17) is 0 Å². The molecule has 2 amide bonds. The van der Waals surface area contributed by atoms with Gasteiger partial charge in [-0.1, -0.05) is 36.4 Å². The van der Waals surface area contributed by atoms with Crippen LogP contribution in [-0.4, -0.2) is 6.03 Å². The molecule has 1 aromatic heterocycles. The molecule has 0 aliphatic heterocycles. The van der Waals surface area contributed by atoms with Crippen molar-refractivity contribution in [1.82, 2.24) is 0 Å². The summed E-state index contributed by atoms with van der Waals surface area (Å²) >= 11 is 1.56. The molecule has 0 saturated carbocycles. The van der Waals surface area contributed by atoms with E-state index in [1.54, 1.807) is 11.3 Å². The molecule has 3 nitrogen and oxygen atoms in total. The number of benzene rings is 2. The molecule has 0 aliphatic rings. The fraction of sp³-hybridized carbons (Fsp3) is 0. The average Bonchev–Trinajstić information content (AvgIpc) is 2.81. The van der Waals surface area contributed by atoms with E-state index in [0.717, 1.165) is 20.8 Å². The first-order valence-electron chi connectivity index (χ1n) is 5.93. The van der Waals surface area contributed by atoms with Crippen LogP contribution in [0.1, 0.15) is 0 Å². The molecule has 2 N–H and O–H groups in total. The van der Waals surface area contributed by atoms with Gasteiger partial charge in [-0.25, -0.2) is 4.79 Å². The van der Waals surface area contributed by atoms with Crippen molar-refractivity contribution in [3.8, 4) is 0 Å². The zero-order valence-corrected chi connectivity index (χ0v) is 10.9. The van der Waals surface area contributed by atoms with Crippen LogP contribution in [0.25, 0.3) is 10.1 Å². The Kier molecular flexibility index (Phi) is 3.16. The number of amides is 2.